The van der Waals surface area contributed by atoms with Gasteiger partial charge in [-0.1, -0.05) is 51.1 Å². The Morgan fingerprint density at radius 2 is 1.57 bits per heavy atom. The minimum absolute atomic E-state index is 0. The lowest BCUT2D eigenvalue weighted by atomic mass is 9.91. The number of benzene rings is 2. The van der Waals surface area contributed by atoms with Crippen LogP contribution in [-0.2, 0) is 9.53 Å². The first-order chi connectivity index (χ1) is 19.0. The van der Waals surface area contributed by atoms with Gasteiger partial charge in [-0.3, -0.25) is 20.4 Å². The number of nitrogens with zero attached hydrogens (tertiary/aromatic N) is 4. The Hall–Kier alpha value is -4.60. The zero-order valence-corrected chi connectivity index (χ0v) is 23.1. The summed E-state index contributed by atoms with van der Waals surface area (Å²) in [5.41, 5.74) is 8.10. The molecule has 1 saturated heterocycles. The summed E-state index contributed by atoms with van der Waals surface area (Å²) in [6, 6.07) is 15.8. The first-order valence-corrected chi connectivity index (χ1v) is 13.2. The average Bonchev–Trinajstić information content (AvgIpc) is 3.19. The molecule has 0 spiro atoms. The second-order valence-electron chi connectivity index (χ2n) is 11.0. The summed E-state index contributed by atoms with van der Waals surface area (Å²) in [6.07, 6.45) is 2.71. The molecule has 0 saturated carbocycles. The molecule has 2 aromatic carbocycles. The van der Waals surface area contributed by atoms with Crippen LogP contribution in [0.25, 0.3) is 11.3 Å². The molecule has 4 N–H and O–H groups in total. The molecule has 0 bridgehead atoms. The highest BCUT2D eigenvalue weighted by Gasteiger charge is 2.25. The molecule has 2 heterocycles. The first kappa shape index (κ1) is 28.4. The monoisotopic (exact) mass is 543 g/mol. The molecule has 2 amide bonds. The van der Waals surface area contributed by atoms with E-state index in [4.69, 9.17) is 21.3 Å². The summed E-state index contributed by atoms with van der Waals surface area (Å²) in [5.74, 6) is -0.530. The van der Waals surface area contributed by atoms with E-state index in [9.17, 15) is 9.59 Å². The lowest BCUT2D eigenvalue weighted by molar-refractivity contribution is -0.132. The van der Waals surface area contributed by atoms with Crippen LogP contribution in [0.4, 0.5) is 5.82 Å². The van der Waals surface area contributed by atoms with Crippen LogP contribution >= 0.6 is 0 Å². The highest BCUT2D eigenvalue weighted by Crippen LogP contribution is 2.22. The number of rotatable bonds is 5. The van der Waals surface area contributed by atoms with Gasteiger partial charge in [0.1, 0.15) is 0 Å². The van der Waals surface area contributed by atoms with Gasteiger partial charge in [-0.15, -0.1) is 0 Å². The normalized spacial score (nSPS) is 13.9. The lowest BCUT2D eigenvalue weighted by Gasteiger charge is -2.25. The molecule has 1 aromatic heterocycles. The van der Waals surface area contributed by atoms with Gasteiger partial charge < -0.3 is 20.3 Å². The van der Waals surface area contributed by atoms with Crippen molar-refractivity contribution in [3.8, 4) is 11.3 Å². The van der Waals surface area contributed by atoms with Crippen molar-refractivity contribution >= 4 is 29.4 Å². The fraction of sp³-hybridized carbons (Fsp3) is 0.333. The summed E-state index contributed by atoms with van der Waals surface area (Å²) < 4.78 is 5.38. The first-order valence-electron chi connectivity index (χ1n) is 13.2. The number of hydrogen-bond donors (Lipinski definition) is 3. The maximum atomic E-state index is 13.2. The number of hydrogen-bond acceptors (Lipinski definition) is 8. The average molecular weight is 544 g/mol. The molecule has 40 heavy (non-hydrogen) atoms. The number of anilines is 1. The van der Waals surface area contributed by atoms with Crippen molar-refractivity contribution in [3.05, 3.63) is 77.6 Å². The molecule has 1 aliphatic rings. The van der Waals surface area contributed by atoms with Crippen LogP contribution < -0.4 is 5.73 Å². The van der Waals surface area contributed by atoms with Gasteiger partial charge in [0.2, 0.25) is 17.7 Å². The van der Waals surface area contributed by atoms with Crippen LogP contribution in [-0.4, -0.2) is 69.6 Å². The zero-order valence-electron chi connectivity index (χ0n) is 23.1. The van der Waals surface area contributed by atoms with E-state index in [1.54, 1.807) is 53.4 Å². The fourth-order valence-corrected chi connectivity index (χ4v) is 4.41. The number of carbonyl (C=O) groups is 2. The molecular weight excluding hydrogens is 506 g/mol. The van der Waals surface area contributed by atoms with Gasteiger partial charge in [-0.05, 0) is 36.1 Å². The molecule has 3 aromatic rings. The molecule has 4 rings (SSSR count). The molecule has 0 aliphatic carbocycles. The van der Waals surface area contributed by atoms with E-state index in [0.717, 1.165) is 6.42 Å². The van der Waals surface area contributed by atoms with Gasteiger partial charge in [-0.2, -0.15) is 0 Å². The maximum Gasteiger partial charge on any atom is 0.253 e. The Labute approximate surface area is 235 Å². The van der Waals surface area contributed by atoms with Crippen LogP contribution in [0.3, 0.4) is 0 Å². The van der Waals surface area contributed by atoms with Crippen LogP contribution in [0.2, 0.25) is 0 Å². The van der Waals surface area contributed by atoms with Crippen molar-refractivity contribution in [2.45, 2.75) is 33.6 Å². The van der Waals surface area contributed by atoms with Gasteiger partial charge >= 0.3 is 0 Å². The summed E-state index contributed by atoms with van der Waals surface area (Å²) in [7, 11) is 0. The third-order valence-electron chi connectivity index (χ3n) is 6.50. The Morgan fingerprint density at radius 3 is 2.25 bits per heavy atom. The van der Waals surface area contributed by atoms with Crippen molar-refractivity contribution in [1.82, 2.24) is 19.8 Å². The lowest BCUT2D eigenvalue weighted by Crippen LogP contribution is -2.38. The standard InChI is InChI=1S/C30H35N7O3.H2/c1-30(2,3)18-24(38)36-14-7-15-37(17-16-36)29(39)22-12-10-20(11-13-22)23-19-34-26(31)25(35-23)28(33)40-27(32)21-8-5-4-6-9-21;/h4-6,8-13,19,32-33H,7,14-18H2,1-3H3,(H2,31,34);1H. The maximum absolute atomic E-state index is 13.2. The van der Waals surface area contributed by atoms with Crippen molar-refractivity contribution in [1.29, 1.82) is 10.8 Å². The van der Waals surface area contributed by atoms with E-state index in [2.05, 4.69) is 30.7 Å². The van der Waals surface area contributed by atoms with Gasteiger partial charge in [-0.25, -0.2) is 9.97 Å². The molecule has 0 radical (unpaired) electrons. The molecule has 1 fully saturated rings. The molecule has 1 aliphatic heterocycles. The SMILES string of the molecule is CC(C)(C)CC(=O)N1CCCN(C(=O)c2ccc(-c3cnc(N)c(C(=N)OC(=N)c4ccccc4)n3)cc2)CC1.[HH]. The molecule has 210 valence electrons. The Kier molecular flexibility index (Phi) is 8.57. The molecule has 10 nitrogen and oxygen atoms in total. The second-order valence-corrected chi connectivity index (χ2v) is 11.0. The van der Waals surface area contributed by atoms with Crippen LogP contribution in [0.15, 0.2) is 60.8 Å². The minimum Gasteiger partial charge on any atom is -0.419 e. The summed E-state index contributed by atoms with van der Waals surface area (Å²) in [4.78, 5) is 38.2. The zero-order chi connectivity index (χ0) is 28.9. The van der Waals surface area contributed by atoms with E-state index in [1.807, 2.05) is 11.0 Å². The molecule has 10 heteroatoms. The van der Waals surface area contributed by atoms with Crippen LogP contribution in [0.1, 0.15) is 56.7 Å². The number of nitrogen functional groups attached to an aromatic ring is 1. The Morgan fingerprint density at radius 1 is 0.925 bits per heavy atom. The quantitative estimate of drug-likeness (QED) is 0.320. The third-order valence-corrected chi connectivity index (χ3v) is 6.50. The Bertz CT molecular complexity index is 1410. The Balaban J connectivity index is 0.00000462. The highest BCUT2D eigenvalue weighted by molar-refractivity contribution is 6.05. The van der Waals surface area contributed by atoms with E-state index in [-0.39, 0.29) is 42.0 Å². The number of ether oxygens (including phenoxy) is 1. The topological polar surface area (TPSA) is 149 Å². The van der Waals surface area contributed by atoms with Gasteiger partial charge in [0.25, 0.3) is 5.91 Å². The van der Waals surface area contributed by atoms with Crippen molar-refractivity contribution in [2.75, 3.05) is 31.9 Å². The van der Waals surface area contributed by atoms with Gasteiger partial charge in [0, 0.05) is 50.7 Å². The molecule has 0 atom stereocenters. The largest absolute Gasteiger partial charge is 0.419 e. The van der Waals surface area contributed by atoms with Crippen molar-refractivity contribution in [3.63, 3.8) is 0 Å². The van der Waals surface area contributed by atoms with E-state index in [1.165, 1.54) is 6.20 Å². The third kappa shape index (κ3) is 7.07. The number of nitrogens with two attached hydrogens (primary N) is 1. The number of carbonyl (C=O) groups excluding carboxylic acids is 2. The van der Waals surface area contributed by atoms with Crippen molar-refractivity contribution in [2.24, 2.45) is 5.41 Å². The summed E-state index contributed by atoms with van der Waals surface area (Å²) in [5, 5.41) is 16.4. The fourth-order valence-electron chi connectivity index (χ4n) is 4.41. The number of amides is 2. The smallest absolute Gasteiger partial charge is 0.253 e. The summed E-state index contributed by atoms with van der Waals surface area (Å²) in [6.45, 7) is 8.41. The predicted octanol–water partition coefficient (Wildman–Crippen LogP) is 4.45. The highest BCUT2D eigenvalue weighted by atomic mass is 16.5. The predicted molar refractivity (Wildman–Crippen MR) is 156 cm³/mol. The van der Waals surface area contributed by atoms with E-state index < -0.39 is 0 Å². The van der Waals surface area contributed by atoms with Gasteiger partial charge in [0.15, 0.2) is 11.5 Å². The van der Waals surface area contributed by atoms with E-state index >= 15 is 0 Å². The number of nitrogens with one attached hydrogen (secondary N) is 2. The van der Waals surface area contributed by atoms with Crippen LogP contribution in [0, 0.1) is 16.2 Å². The van der Waals surface area contributed by atoms with E-state index in [0.29, 0.717) is 55.0 Å². The van der Waals surface area contributed by atoms with Gasteiger partial charge in [0.05, 0.1) is 11.9 Å². The second kappa shape index (κ2) is 12.1. The minimum atomic E-state index is -0.385. The summed E-state index contributed by atoms with van der Waals surface area (Å²) >= 11 is 0. The van der Waals surface area contributed by atoms with Crippen LogP contribution in [0.5, 0.6) is 0 Å². The number of aromatic nitrogens is 2. The molecular formula is C30H37N7O3. The molecule has 0 unspecified atom stereocenters. The van der Waals surface area contributed by atoms with Crippen molar-refractivity contribution < 1.29 is 15.8 Å².